The molecular formula is C25H25ClN4O3. The molecule has 1 N–H and O–H groups in total. The van der Waals surface area contributed by atoms with Crippen molar-refractivity contribution in [1.29, 1.82) is 5.26 Å². The number of piperidine rings is 1. The smallest absolute Gasteiger partial charge is 0.414 e. The van der Waals surface area contributed by atoms with Gasteiger partial charge in [-0.1, -0.05) is 29.8 Å². The molecule has 0 spiro atoms. The maximum Gasteiger partial charge on any atom is 0.414 e. The van der Waals surface area contributed by atoms with Crippen molar-refractivity contribution in [2.45, 2.75) is 44.8 Å². The average molecular weight is 465 g/mol. The van der Waals surface area contributed by atoms with E-state index in [2.05, 4.69) is 16.3 Å². The van der Waals surface area contributed by atoms with Crippen LogP contribution in [0.2, 0.25) is 5.02 Å². The van der Waals surface area contributed by atoms with Gasteiger partial charge in [-0.2, -0.15) is 5.26 Å². The van der Waals surface area contributed by atoms with Crippen molar-refractivity contribution < 1.29 is 14.3 Å². The second kappa shape index (κ2) is 8.60. The summed E-state index contributed by atoms with van der Waals surface area (Å²) in [6.45, 7) is 1.83. The van der Waals surface area contributed by atoms with Crippen LogP contribution in [0.1, 0.15) is 37.7 Å². The third kappa shape index (κ3) is 4.36. The Hall–Kier alpha value is -3.24. The van der Waals surface area contributed by atoms with Crippen molar-refractivity contribution in [3.63, 3.8) is 0 Å². The maximum absolute atomic E-state index is 12.5. The van der Waals surface area contributed by atoms with E-state index in [1.807, 2.05) is 36.4 Å². The molecule has 2 aliphatic heterocycles. The van der Waals surface area contributed by atoms with Gasteiger partial charge in [0.25, 0.3) is 0 Å². The highest BCUT2D eigenvalue weighted by molar-refractivity contribution is 6.33. The number of rotatable bonds is 5. The van der Waals surface area contributed by atoms with Crippen LogP contribution in [0.4, 0.5) is 21.9 Å². The van der Waals surface area contributed by atoms with Gasteiger partial charge < -0.3 is 15.0 Å². The Balaban J connectivity index is 1.22. The monoisotopic (exact) mass is 464 g/mol. The van der Waals surface area contributed by atoms with E-state index in [-0.39, 0.29) is 24.5 Å². The van der Waals surface area contributed by atoms with Crippen molar-refractivity contribution >= 4 is 40.7 Å². The van der Waals surface area contributed by atoms with Crippen LogP contribution in [0.3, 0.4) is 0 Å². The number of nitrogens with zero attached hydrogens (tertiary/aromatic N) is 3. The molecule has 0 atom stereocenters. The summed E-state index contributed by atoms with van der Waals surface area (Å²) in [5.41, 5.74) is 3.03. The number of nitrogens with one attached hydrogen (secondary N) is 1. The first-order chi connectivity index (χ1) is 16.0. The molecule has 8 heteroatoms. The lowest BCUT2D eigenvalue weighted by molar-refractivity contribution is -0.116. The fourth-order valence-corrected chi connectivity index (χ4v) is 5.02. The number of anilines is 3. The highest BCUT2D eigenvalue weighted by Crippen LogP contribution is 2.48. The molecule has 2 aromatic rings. The van der Waals surface area contributed by atoms with E-state index in [4.69, 9.17) is 16.3 Å². The highest BCUT2D eigenvalue weighted by Gasteiger charge is 2.44. The van der Waals surface area contributed by atoms with Crippen molar-refractivity contribution in [1.82, 2.24) is 0 Å². The van der Waals surface area contributed by atoms with Crippen LogP contribution in [-0.2, 0) is 16.1 Å². The Morgan fingerprint density at radius 3 is 2.64 bits per heavy atom. The highest BCUT2D eigenvalue weighted by atomic mass is 35.5. The first-order valence-corrected chi connectivity index (χ1v) is 11.7. The molecule has 2 fully saturated rings. The number of halogens is 1. The predicted octanol–water partition coefficient (Wildman–Crippen LogP) is 5.10. The minimum Gasteiger partial charge on any atom is -0.444 e. The number of hydrogen-bond donors (Lipinski definition) is 1. The normalized spacial score (nSPS) is 19.3. The van der Waals surface area contributed by atoms with Crippen LogP contribution in [0.25, 0.3) is 0 Å². The molecule has 0 radical (unpaired) electrons. The fraction of sp³-hybridized carbons (Fsp3) is 0.400. The Morgan fingerprint density at radius 1 is 1.18 bits per heavy atom. The number of carbonyl (C=O) groups is 2. The summed E-state index contributed by atoms with van der Waals surface area (Å²) in [6, 6.07) is 15.7. The number of ether oxygens (including phenoxy) is 1. The molecule has 0 bridgehead atoms. The van der Waals surface area contributed by atoms with Crippen molar-refractivity contribution in [3.05, 3.63) is 53.1 Å². The van der Waals surface area contributed by atoms with Crippen LogP contribution >= 0.6 is 11.6 Å². The Labute approximate surface area is 197 Å². The van der Waals surface area contributed by atoms with E-state index < -0.39 is 5.41 Å². The van der Waals surface area contributed by atoms with Gasteiger partial charge in [0.1, 0.15) is 6.61 Å². The molecule has 2 heterocycles. The molecule has 0 unspecified atom stereocenters. The van der Waals surface area contributed by atoms with Crippen LogP contribution in [-0.4, -0.2) is 31.1 Å². The van der Waals surface area contributed by atoms with Gasteiger partial charge >= 0.3 is 6.09 Å². The summed E-state index contributed by atoms with van der Waals surface area (Å²) in [5.74, 6) is -0.160. The quantitative estimate of drug-likeness (QED) is 0.665. The van der Waals surface area contributed by atoms with Crippen LogP contribution in [0.15, 0.2) is 42.5 Å². The number of hydrogen-bond acceptors (Lipinski definition) is 5. The first kappa shape index (κ1) is 21.6. The Bertz CT molecular complexity index is 1130. The molecular weight excluding hydrogens is 440 g/mol. The molecule has 2 amide bonds. The predicted molar refractivity (Wildman–Crippen MR) is 126 cm³/mol. The molecule has 7 nitrogen and oxygen atoms in total. The van der Waals surface area contributed by atoms with Gasteiger partial charge in [0.05, 0.1) is 27.9 Å². The minimum absolute atomic E-state index is 0.0717. The molecule has 1 saturated heterocycles. The number of nitriles is 1. The van der Waals surface area contributed by atoms with Gasteiger partial charge in [0, 0.05) is 36.8 Å². The summed E-state index contributed by atoms with van der Waals surface area (Å²) < 4.78 is 5.39. The number of amides is 2. The Kier molecular flexibility index (Phi) is 5.63. The molecule has 2 aromatic carbocycles. The molecule has 5 rings (SSSR count). The summed E-state index contributed by atoms with van der Waals surface area (Å²) in [6.07, 6.45) is 3.11. The summed E-state index contributed by atoms with van der Waals surface area (Å²) >= 11 is 6.56. The van der Waals surface area contributed by atoms with Gasteiger partial charge in [-0.05, 0) is 49.9 Å². The number of fused-ring (bicyclic) bond motifs is 1. The van der Waals surface area contributed by atoms with Crippen LogP contribution in [0, 0.1) is 16.7 Å². The number of benzene rings is 2. The number of carbonyl (C=O) groups excluding carboxylic acids is 2. The van der Waals surface area contributed by atoms with Gasteiger partial charge in [0.2, 0.25) is 5.91 Å². The van der Waals surface area contributed by atoms with Gasteiger partial charge in [-0.15, -0.1) is 0 Å². The van der Waals surface area contributed by atoms with E-state index in [1.54, 1.807) is 11.0 Å². The first-order valence-electron chi connectivity index (χ1n) is 11.3. The third-order valence-electron chi connectivity index (χ3n) is 6.79. The molecule has 1 aliphatic carbocycles. The maximum atomic E-state index is 12.5. The van der Waals surface area contributed by atoms with E-state index in [9.17, 15) is 14.9 Å². The third-order valence-corrected chi connectivity index (χ3v) is 7.09. The molecule has 33 heavy (non-hydrogen) atoms. The lowest BCUT2D eigenvalue weighted by Gasteiger charge is -2.41. The summed E-state index contributed by atoms with van der Waals surface area (Å²) in [7, 11) is 0. The van der Waals surface area contributed by atoms with E-state index in [0.29, 0.717) is 17.3 Å². The standard InChI is InChI=1S/C25H25ClN4O3/c26-20-13-18(28-23(31)14-25(16-27)9-10-25)5-6-22(20)29-11-7-19(8-12-29)30-21-4-2-1-3-17(21)15-33-24(30)32/h1-6,13,19H,7-12,14-15H2,(H,28,31). The molecule has 1 saturated carbocycles. The SMILES string of the molecule is N#CC1(CC(=O)Nc2ccc(N3CCC(N4C(=O)OCc5ccccc54)CC3)c(Cl)c2)CC1. The lowest BCUT2D eigenvalue weighted by atomic mass is 10.00. The zero-order chi connectivity index (χ0) is 23.0. The summed E-state index contributed by atoms with van der Waals surface area (Å²) in [5, 5.41) is 12.6. The van der Waals surface area contributed by atoms with Crippen LogP contribution in [0.5, 0.6) is 0 Å². The zero-order valence-electron chi connectivity index (χ0n) is 18.2. The van der Waals surface area contributed by atoms with Gasteiger partial charge in [-0.3, -0.25) is 9.69 Å². The molecule has 170 valence electrons. The van der Waals surface area contributed by atoms with Gasteiger partial charge in [-0.25, -0.2) is 4.79 Å². The largest absolute Gasteiger partial charge is 0.444 e. The molecule has 0 aromatic heterocycles. The van der Waals surface area contributed by atoms with Crippen molar-refractivity contribution in [3.8, 4) is 6.07 Å². The zero-order valence-corrected chi connectivity index (χ0v) is 19.0. The number of para-hydroxylation sites is 1. The van der Waals surface area contributed by atoms with Crippen molar-refractivity contribution in [2.75, 3.05) is 28.2 Å². The van der Waals surface area contributed by atoms with Crippen LogP contribution < -0.4 is 15.1 Å². The topological polar surface area (TPSA) is 85.7 Å². The number of cyclic esters (lactones) is 1. The van der Waals surface area contributed by atoms with E-state index in [1.165, 1.54) is 0 Å². The Morgan fingerprint density at radius 2 is 1.94 bits per heavy atom. The average Bonchev–Trinajstić information content (AvgIpc) is 3.59. The van der Waals surface area contributed by atoms with E-state index >= 15 is 0 Å². The fourth-order valence-electron chi connectivity index (χ4n) is 4.72. The lowest BCUT2D eigenvalue weighted by Crippen LogP contribution is -2.49. The van der Waals surface area contributed by atoms with Gasteiger partial charge in [0.15, 0.2) is 0 Å². The van der Waals surface area contributed by atoms with E-state index in [0.717, 1.165) is 55.7 Å². The second-order valence-corrected chi connectivity index (χ2v) is 9.46. The summed E-state index contributed by atoms with van der Waals surface area (Å²) in [4.78, 5) is 28.8. The molecule has 3 aliphatic rings. The van der Waals surface area contributed by atoms with Crippen molar-refractivity contribution in [2.24, 2.45) is 5.41 Å². The second-order valence-electron chi connectivity index (χ2n) is 9.05. The minimum atomic E-state index is -0.473.